The van der Waals surface area contributed by atoms with Gasteiger partial charge in [-0.05, 0) is 23.5 Å². The number of hydrogen-bond donors (Lipinski definition) is 0. The van der Waals surface area contributed by atoms with E-state index in [0.717, 1.165) is 17.4 Å². The quantitative estimate of drug-likeness (QED) is 0.780. The fourth-order valence-corrected chi connectivity index (χ4v) is 3.12. The van der Waals surface area contributed by atoms with Gasteiger partial charge >= 0.3 is 0 Å². The second kappa shape index (κ2) is 4.81. The molecule has 2 aromatic rings. The maximum atomic E-state index is 4.44. The van der Waals surface area contributed by atoms with Crippen molar-refractivity contribution in [2.75, 3.05) is 5.33 Å². The first kappa shape index (κ1) is 12.6. The minimum absolute atomic E-state index is 0.300. The first-order valence-electron chi connectivity index (χ1n) is 5.98. The van der Waals surface area contributed by atoms with Crippen molar-refractivity contribution in [3.63, 3.8) is 0 Å². The third kappa shape index (κ3) is 2.71. The predicted octanol–water partition coefficient (Wildman–Crippen LogP) is 4.09. The molecule has 2 rings (SSSR count). The van der Waals surface area contributed by atoms with E-state index >= 15 is 0 Å². The van der Waals surface area contributed by atoms with Crippen molar-refractivity contribution >= 4 is 27.0 Å². The van der Waals surface area contributed by atoms with Gasteiger partial charge in [-0.2, -0.15) is 0 Å². The average molecular weight is 295 g/mol. The van der Waals surface area contributed by atoms with E-state index in [-0.39, 0.29) is 0 Å². The Labute approximate surface area is 111 Å². The van der Waals surface area contributed by atoms with Crippen molar-refractivity contribution in [2.45, 2.75) is 27.3 Å². The first-order chi connectivity index (χ1) is 8.02. The van der Waals surface area contributed by atoms with Crippen molar-refractivity contribution in [3.05, 3.63) is 30.6 Å². The second-order valence-electron chi connectivity index (χ2n) is 5.60. The molecule has 1 unspecified atom stereocenters. The summed E-state index contributed by atoms with van der Waals surface area (Å²) in [6.07, 6.45) is 1.95. The van der Waals surface area contributed by atoms with Crippen LogP contribution in [0.3, 0.4) is 0 Å². The van der Waals surface area contributed by atoms with Gasteiger partial charge in [0.1, 0.15) is 0 Å². The minimum atomic E-state index is 0.300. The number of halogens is 1. The van der Waals surface area contributed by atoms with Gasteiger partial charge in [0, 0.05) is 11.9 Å². The van der Waals surface area contributed by atoms with Gasteiger partial charge in [0.15, 0.2) is 0 Å². The lowest BCUT2D eigenvalue weighted by atomic mass is 9.82. The molecule has 17 heavy (non-hydrogen) atoms. The monoisotopic (exact) mass is 294 g/mol. The zero-order chi connectivity index (χ0) is 12.5. The Morgan fingerprint density at radius 1 is 1.29 bits per heavy atom. The number of alkyl halides is 1. The highest BCUT2D eigenvalue weighted by Crippen LogP contribution is 2.29. The summed E-state index contributed by atoms with van der Waals surface area (Å²) in [7, 11) is 0. The number of rotatable bonds is 3. The van der Waals surface area contributed by atoms with Crippen LogP contribution in [0.2, 0.25) is 0 Å². The summed E-state index contributed by atoms with van der Waals surface area (Å²) in [6.45, 7) is 7.88. The van der Waals surface area contributed by atoms with E-state index in [4.69, 9.17) is 0 Å². The largest absolute Gasteiger partial charge is 0.330 e. The van der Waals surface area contributed by atoms with E-state index in [1.807, 2.05) is 12.4 Å². The van der Waals surface area contributed by atoms with Crippen LogP contribution in [0.4, 0.5) is 0 Å². The lowest BCUT2D eigenvalue weighted by Gasteiger charge is -2.29. The molecule has 1 heterocycles. The van der Waals surface area contributed by atoms with Crippen LogP contribution >= 0.6 is 15.9 Å². The van der Waals surface area contributed by atoms with E-state index in [1.165, 1.54) is 5.52 Å². The number of aromatic nitrogens is 2. The molecule has 1 atom stereocenters. The van der Waals surface area contributed by atoms with Crippen molar-refractivity contribution < 1.29 is 0 Å². The Morgan fingerprint density at radius 2 is 2.00 bits per heavy atom. The zero-order valence-electron chi connectivity index (χ0n) is 10.7. The molecule has 0 aliphatic carbocycles. The van der Waals surface area contributed by atoms with Gasteiger partial charge in [0.05, 0.1) is 17.4 Å². The van der Waals surface area contributed by atoms with Gasteiger partial charge in [-0.15, -0.1) is 0 Å². The lowest BCUT2D eigenvalue weighted by molar-refractivity contribution is 0.241. The highest BCUT2D eigenvalue weighted by molar-refractivity contribution is 9.09. The summed E-state index contributed by atoms with van der Waals surface area (Å²) in [5, 5.41) is 1.02. The Morgan fingerprint density at radius 3 is 2.65 bits per heavy atom. The van der Waals surface area contributed by atoms with E-state index in [2.05, 4.69) is 64.5 Å². The third-order valence-corrected chi connectivity index (χ3v) is 4.14. The number of hydrogen-bond acceptors (Lipinski definition) is 1. The van der Waals surface area contributed by atoms with E-state index in [0.29, 0.717) is 11.3 Å². The third-order valence-electron chi connectivity index (χ3n) is 3.36. The maximum Gasteiger partial charge on any atom is 0.0958 e. The highest BCUT2D eigenvalue weighted by Gasteiger charge is 2.24. The number of nitrogens with zero attached hydrogens (tertiary/aromatic N) is 2. The molecular weight excluding hydrogens is 276 g/mol. The normalized spacial score (nSPS) is 14.1. The average Bonchev–Trinajstić information content (AvgIpc) is 2.67. The molecule has 0 bridgehead atoms. The van der Waals surface area contributed by atoms with Crippen LogP contribution in [-0.4, -0.2) is 14.9 Å². The molecule has 0 radical (unpaired) electrons. The molecule has 0 saturated carbocycles. The van der Waals surface area contributed by atoms with Crippen molar-refractivity contribution in [1.82, 2.24) is 9.55 Å². The van der Waals surface area contributed by atoms with Crippen LogP contribution in [0.5, 0.6) is 0 Å². The van der Waals surface area contributed by atoms with Crippen LogP contribution in [0.25, 0.3) is 11.0 Å². The Balaban J connectivity index is 2.29. The SMILES string of the molecule is CC(C)(C)C(CBr)Cn1cnc2ccccc21. The van der Waals surface area contributed by atoms with Crippen LogP contribution in [0, 0.1) is 11.3 Å². The summed E-state index contributed by atoms with van der Waals surface area (Å²) >= 11 is 3.63. The molecule has 0 amide bonds. The van der Waals surface area contributed by atoms with Gasteiger partial charge in [0.2, 0.25) is 0 Å². The first-order valence-corrected chi connectivity index (χ1v) is 7.10. The minimum Gasteiger partial charge on any atom is -0.330 e. The zero-order valence-corrected chi connectivity index (χ0v) is 12.2. The van der Waals surface area contributed by atoms with Gasteiger partial charge < -0.3 is 4.57 Å². The molecule has 1 aromatic heterocycles. The molecule has 2 nitrogen and oxygen atoms in total. The molecule has 0 saturated heterocycles. The lowest BCUT2D eigenvalue weighted by Crippen LogP contribution is -2.26. The molecule has 0 fully saturated rings. The highest BCUT2D eigenvalue weighted by atomic mass is 79.9. The number of imidazole rings is 1. The fourth-order valence-electron chi connectivity index (χ4n) is 1.95. The van der Waals surface area contributed by atoms with Gasteiger partial charge in [-0.25, -0.2) is 4.98 Å². The fraction of sp³-hybridized carbons (Fsp3) is 0.500. The summed E-state index contributed by atoms with van der Waals surface area (Å²) in [6, 6.07) is 8.30. The molecule has 0 aliphatic rings. The summed E-state index contributed by atoms with van der Waals surface area (Å²) in [4.78, 5) is 4.44. The van der Waals surface area contributed by atoms with E-state index in [1.54, 1.807) is 0 Å². The second-order valence-corrected chi connectivity index (χ2v) is 6.25. The topological polar surface area (TPSA) is 17.8 Å². The Kier molecular flexibility index (Phi) is 3.57. The summed E-state index contributed by atoms with van der Waals surface area (Å²) in [5.41, 5.74) is 2.60. The summed E-state index contributed by atoms with van der Waals surface area (Å²) in [5.74, 6) is 0.597. The van der Waals surface area contributed by atoms with E-state index in [9.17, 15) is 0 Å². The molecular formula is C14H19BrN2. The van der Waals surface area contributed by atoms with E-state index < -0.39 is 0 Å². The number of fused-ring (bicyclic) bond motifs is 1. The predicted molar refractivity (Wildman–Crippen MR) is 76.5 cm³/mol. The van der Waals surface area contributed by atoms with Crippen LogP contribution in [0.1, 0.15) is 20.8 Å². The molecule has 0 N–H and O–H groups in total. The van der Waals surface area contributed by atoms with Crippen LogP contribution < -0.4 is 0 Å². The standard InChI is InChI=1S/C14H19BrN2/c1-14(2,3)11(8-15)9-17-10-16-12-6-4-5-7-13(12)17/h4-7,10-11H,8-9H2,1-3H3. The summed E-state index contributed by atoms with van der Waals surface area (Å²) < 4.78 is 2.26. The molecule has 1 aromatic carbocycles. The molecule has 0 aliphatic heterocycles. The van der Waals surface area contributed by atoms with Crippen molar-refractivity contribution in [1.29, 1.82) is 0 Å². The molecule has 92 valence electrons. The van der Waals surface area contributed by atoms with Crippen LogP contribution in [0.15, 0.2) is 30.6 Å². The molecule has 0 spiro atoms. The van der Waals surface area contributed by atoms with Gasteiger partial charge in [-0.1, -0.05) is 48.8 Å². The molecule has 3 heteroatoms. The van der Waals surface area contributed by atoms with Crippen molar-refractivity contribution in [3.8, 4) is 0 Å². The maximum absolute atomic E-state index is 4.44. The van der Waals surface area contributed by atoms with Crippen LogP contribution in [-0.2, 0) is 6.54 Å². The number of para-hydroxylation sites is 2. The number of benzene rings is 1. The van der Waals surface area contributed by atoms with Gasteiger partial charge in [0.25, 0.3) is 0 Å². The smallest absolute Gasteiger partial charge is 0.0958 e. The Hall–Kier alpha value is -0.830. The van der Waals surface area contributed by atoms with Crippen molar-refractivity contribution in [2.24, 2.45) is 11.3 Å². The Bertz CT molecular complexity index is 496. The van der Waals surface area contributed by atoms with Gasteiger partial charge in [-0.3, -0.25) is 0 Å².